The Kier molecular flexibility index (Phi) is 5.71. The zero-order valence-electron chi connectivity index (χ0n) is 15.3. The van der Waals surface area contributed by atoms with Crippen molar-refractivity contribution in [1.29, 1.82) is 0 Å². The first kappa shape index (κ1) is 18.4. The smallest absolute Gasteiger partial charge is 0.355 e. The lowest BCUT2D eigenvalue weighted by atomic mass is 10.1. The van der Waals surface area contributed by atoms with Gasteiger partial charge in [0.25, 0.3) is 0 Å². The van der Waals surface area contributed by atoms with Gasteiger partial charge in [0.2, 0.25) is 0 Å². The largest absolute Gasteiger partial charge is 0.465 e. The molecule has 0 spiro atoms. The Balaban J connectivity index is 2.01. The molecule has 0 unspecified atom stereocenters. The van der Waals surface area contributed by atoms with Crippen molar-refractivity contribution in [3.8, 4) is 0 Å². The molecule has 0 radical (unpaired) electrons. The molecule has 1 N–H and O–H groups in total. The van der Waals surface area contributed by atoms with Gasteiger partial charge in [0.15, 0.2) is 0 Å². The molecule has 0 saturated heterocycles. The number of nitrogens with one attached hydrogen (secondary N) is 1. The van der Waals surface area contributed by atoms with Crippen LogP contribution in [0.15, 0.2) is 65.0 Å². The monoisotopic (exact) mass is 367 g/mol. The summed E-state index contributed by atoms with van der Waals surface area (Å²) in [6.07, 6.45) is 7.66. The number of rotatable bonds is 4. The van der Waals surface area contributed by atoms with E-state index >= 15 is 0 Å². The topological polar surface area (TPSA) is 80.2 Å². The quantitative estimate of drug-likeness (QED) is 0.819. The lowest BCUT2D eigenvalue weighted by Gasteiger charge is -2.23. The Morgan fingerprint density at radius 1 is 1.07 bits per heavy atom. The zero-order valence-corrected chi connectivity index (χ0v) is 15.3. The average molecular weight is 367 g/mol. The number of nitrogens with zero attached hydrogens (tertiary/aromatic N) is 2. The van der Waals surface area contributed by atoms with Crippen LogP contribution >= 0.6 is 0 Å². The Morgan fingerprint density at radius 3 is 2.44 bits per heavy atom. The predicted octanol–water partition coefficient (Wildman–Crippen LogP) is 1.92. The Bertz CT molecular complexity index is 850. The molecular weight excluding hydrogens is 346 g/mol. The number of allylic oxidation sites excluding steroid dienone is 2. The lowest BCUT2D eigenvalue weighted by Crippen LogP contribution is -2.30. The van der Waals surface area contributed by atoms with Crippen molar-refractivity contribution in [2.45, 2.75) is 6.42 Å². The molecule has 1 aromatic rings. The highest BCUT2D eigenvalue weighted by Gasteiger charge is 2.27. The van der Waals surface area contributed by atoms with Crippen LogP contribution in [-0.4, -0.2) is 45.1 Å². The molecule has 3 rings (SSSR count). The molecule has 7 nitrogen and oxygen atoms in total. The van der Waals surface area contributed by atoms with Crippen LogP contribution < -0.4 is 10.2 Å². The van der Waals surface area contributed by atoms with Gasteiger partial charge < -0.3 is 19.7 Å². The third-order valence-corrected chi connectivity index (χ3v) is 4.21. The van der Waals surface area contributed by atoms with E-state index in [1.165, 1.54) is 20.3 Å². The van der Waals surface area contributed by atoms with E-state index in [1.807, 2.05) is 24.3 Å². The van der Waals surface area contributed by atoms with E-state index in [0.717, 1.165) is 30.9 Å². The minimum atomic E-state index is -0.631. The van der Waals surface area contributed by atoms with Gasteiger partial charge in [0, 0.05) is 30.5 Å². The summed E-state index contributed by atoms with van der Waals surface area (Å²) in [6.45, 7) is 1.71. The van der Waals surface area contributed by atoms with Crippen LogP contribution in [0.25, 0.3) is 0 Å². The zero-order chi connectivity index (χ0) is 19.2. The molecule has 1 aromatic carbocycles. The highest BCUT2D eigenvalue weighted by atomic mass is 16.5. The average Bonchev–Trinajstić information content (AvgIpc) is 2.96. The fourth-order valence-electron chi connectivity index (χ4n) is 2.87. The molecule has 0 amide bonds. The predicted molar refractivity (Wildman–Crippen MR) is 102 cm³/mol. The van der Waals surface area contributed by atoms with E-state index < -0.39 is 11.9 Å². The summed E-state index contributed by atoms with van der Waals surface area (Å²) in [5.41, 5.74) is 1.89. The maximum atomic E-state index is 12.4. The Hall–Kier alpha value is -3.35. The summed E-state index contributed by atoms with van der Waals surface area (Å²) in [6, 6.07) is 7.57. The SMILES string of the molecule is COC(=O)C1=C(C(=O)OC)N(c2ccc(C3=NCCCN3)cc2)C=CC=C1. The van der Waals surface area contributed by atoms with Crippen molar-refractivity contribution in [3.05, 3.63) is 65.5 Å². The van der Waals surface area contributed by atoms with Crippen molar-refractivity contribution >= 4 is 23.5 Å². The molecule has 0 bridgehead atoms. The molecule has 2 aliphatic heterocycles. The summed E-state index contributed by atoms with van der Waals surface area (Å²) in [4.78, 5) is 30.7. The molecule has 0 fully saturated rings. The van der Waals surface area contributed by atoms with Gasteiger partial charge in [0.05, 0.1) is 19.8 Å². The Labute approximate surface area is 157 Å². The summed E-state index contributed by atoms with van der Waals surface area (Å²) in [5.74, 6) is -0.383. The van der Waals surface area contributed by atoms with Gasteiger partial charge in [-0.05, 0) is 42.8 Å². The molecule has 2 aliphatic rings. The normalized spacial score (nSPS) is 16.4. The second-order valence-corrected chi connectivity index (χ2v) is 5.87. The number of benzene rings is 1. The third-order valence-electron chi connectivity index (χ3n) is 4.21. The number of anilines is 1. The third kappa shape index (κ3) is 3.92. The van der Waals surface area contributed by atoms with Gasteiger partial charge in [-0.2, -0.15) is 0 Å². The number of esters is 2. The molecule has 7 heteroatoms. The molecular formula is C20H21N3O4. The second-order valence-electron chi connectivity index (χ2n) is 5.87. The van der Waals surface area contributed by atoms with Gasteiger partial charge in [0.1, 0.15) is 11.5 Å². The maximum Gasteiger partial charge on any atom is 0.355 e. The minimum Gasteiger partial charge on any atom is -0.465 e. The number of hydrogen-bond acceptors (Lipinski definition) is 7. The van der Waals surface area contributed by atoms with Crippen molar-refractivity contribution in [2.75, 3.05) is 32.2 Å². The first-order valence-corrected chi connectivity index (χ1v) is 8.59. The summed E-state index contributed by atoms with van der Waals surface area (Å²) >= 11 is 0. The van der Waals surface area contributed by atoms with Crippen LogP contribution in [0, 0.1) is 0 Å². The van der Waals surface area contributed by atoms with Gasteiger partial charge in [-0.1, -0.05) is 6.08 Å². The molecule has 0 aliphatic carbocycles. The number of aliphatic imine (C=N–C) groups is 1. The van der Waals surface area contributed by atoms with E-state index in [0.29, 0.717) is 5.69 Å². The fraction of sp³-hybridized carbons (Fsp3) is 0.250. The van der Waals surface area contributed by atoms with E-state index in [1.54, 1.807) is 23.3 Å². The molecule has 0 saturated carbocycles. The van der Waals surface area contributed by atoms with Gasteiger partial charge in [-0.15, -0.1) is 0 Å². The number of carbonyl (C=O) groups is 2. The number of amidine groups is 1. The summed E-state index contributed by atoms with van der Waals surface area (Å²) in [5, 5.41) is 3.28. The minimum absolute atomic E-state index is 0.0928. The highest BCUT2D eigenvalue weighted by Crippen LogP contribution is 2.26. The molecule has 0 atom stereocenters. The maximum absolute atomic E-state index is 12.4. The van der Waals surface area contributed by atoms with E-state index in [2.05, 4.69) is 10.3 Å². The van der Waals surface area contributed by atoms with Crippen molar-refractivity contribution in [1.82, 2.24) is 5.32 Å². The molecule has 0 aromatic heterocycles. The van der Waals surface area contributed by atoms with Gasteiger partial charge in [-0.25, -0.2) is 9.59 Å². The first-order valence-electron chi connectivity index (χ1n) is 8.59. The summed E-state index contributed by atoms with van der Waals surface area (Å²) < 4.78 is 9.72. The van der Waals surface area contributed by atoms with Crippen LogP contribution in [0.5, 0.6) is 0 Å². The Morgan fingerprint density at radius 2 is 1.81 bits per heavy atom. The van der Waals surface area contributed by atoms with Crippen molar-refractivity contribution in [3.63, 3.8) is 0 Å². The van der Waals surface area contributed by atoms with Crippen LogP contribution in [0.2, 0.25) is 0 Å². The van der Waals surface area contributed by atoms with Crippen LogP contribution in [-0.2, 0) is 19.1 Å². The number of methoxy groups -OCH3 is 2. The highest BCUT2D eigenvalue weighted by molar-refractivity contribution is 6.05. The van der Waals surface area contributed by atoms with E-state index in [9.17, 15) is 9.59 Å². The lowest BCUT2D eigenvalue weighted by molar-refractivity contribution is -0.139. The molecule has 27 heavy (non-hydrogen) atoms. The van der Waals surface area contributed by atoms with Gasteiger partial charge in [-0.3, -0.25) is 4.99 Å². The van der Waals surface area contributed by atoms with Crippen molar-refractivity contribution < 1.29 is 19.1 Å². The molecule has 2 heterocycles. The van der Waals surface area contributed by atoms with Crippen LogP contribution in [0.3, 0.4) is 0 Å². The number of carbonyl (C=O) groups excluding carboxylic acids is 2. The standard InChI is InChI=1S/C20H21N3O4/c1-26-19(24)16-6-3-4-13-23(17(16)20(25)27-2)15-9-7-14(8-10-15)18-21-11-5-12-22-18/h3-4,6-10,13H,5,11-12H2,1-2H3,(H,21,22). The number of hydrogen-bond donors (Lipinski definition) is 1. The fourth-order valence-corrected chi connectivity index (χ4v) is 2.87. The van der Waals surface area contributed by atoms with E-state index in [-0.39, 0.29) is 11.3 Å². The van der Waals surface area contributed by atoms with Crippen LogP contribution in [0.1, 0.15) is 12.0 Å². The first-order chi connectivity index (χ1) is 13.2. The second kappa shape index (κ2) is 8.35. The van der Waals surface area contributed by atoms with E-state index in [4.69, 9.17) is 9.47 Å². The summed E-state index contributed by atoms with van der Waals surface area (Å²) in [7, 11) is 2.55. The molecule has 140 valence electrons. The van der Waals surface area contributed by atoms with Crippen LogP contribution in [0.4, 0.5) is 5.69 Å². The van der Waals surface area contributed by atoms with Crippen molar-refractivity contribution in [2.24, 2.45) is 4.99 Å². The number of ether oxygens (including phenoxy) is 2. The van der Waals surface area contributed by atoms with Gasteiger partial charge >= 0.3 is 11.9 Å².